The van der Waals surface area contributed by atoms with Gasteiger partial charge in [-0.2, -0.15) is 5.10 Å². The van der Waals surface area contributed by atoms with Crippen LogP contribution in [0, 0.1) is 4.77 Å². The van der Waals surface area contributed by atoms with Crippen LogP contribution in [-0.4, -0.2) is 32.8 Å². The molecule has 0 atom stereocenters. The number of methoxy groups -OCH3 is 1. The Bertz CT molecular complexity index is 885. The topological polar surface area (TPSA) is 84.8 Å². The lowest BCUT2D eigenvalue weighted by Gasteiger charge is -2.08. The van der Waals surface area contributed by atoms with Crippen molar-refractivity contribution >= 4 is 29.5 Å². The van der Waals surface area contributed by atoms with Gasteiger partial charge in [-0.15, -0.1) is 11.3 Å². The van der Waals surface area contributed by atoms with Crippen LogP contribution in [0.3, 0.4) is 0 Å². The van der Waals surface area contributed by atoms with Crippen LogP contribution in [0.25, 0.3) is 10.7 Å². The molecule has 0 spiro atoms. The number of hydrogen-bond donors (Lipinski definition) is 2. The Morgan fingerprint density at radius 2 is 2.38 bits per heavy atom. The van der Waals surface area contributed by atoms with Crippen LogP contribution in [0.2, 0.25) is 0 Å². The number of carbonyl (C=O) groups excluding carboxylic acids is 1. The van der Waals surface area contributed by atoms with E-state index in [9.17, 15) is 4.79 Å². The van der Waals surface area contributed by atoms with Crippen LogP contribution in [0.4, 0.5) is 0 Å². The Morgan fingerprint density at radius 1 is 1.50 bits per heavy atom. The maximum atomic E-state index is 12.2. The van der Waals surface area contributed by atoms with Crippen molar-refractivity contribution in [1.29, 1.82) is 0 Å². The molecule has 7 nitrogen and oxygen atoms in total. The van der Waals surface area contributed by atoms with E-state index in [2.05, 4.69) is 20.5 Å². The van der Waals surface area contributed by atoms with Gasteiger partial charge in [-0.1, -0.05) is 6.07 Å². The van der Waals surface area contributed by atoms with E-state index in [1.54, 1.807) is 35.3 Å². The van der Waals surface area contributed by atoms with Crippen LogP contribution in [0.1, 0.15) is 5.56 Å². The second-order valence-corrected chi connectivity index (χ2v) is 6.23. The zero-order chi connectivity index (χ0) is 16.9. The van der Waals surface area contributed by atoms with Crippen molar-refractivity contribution in [3.8, 4) is 16.6 Å². The molecule has 0 aromatic carbocycles. The first-order chi connectivity index (χ1) is 11.7. The summed E-state index contributed by atoms with van der Waals surface area (Å²) in [5.41, 5.74) is 0.907. The number of H-pyrrole nitrogens is 1. The molecule has 3 rings (SSSR count). The standard InChI is InChI=1S/C15H15N5O2S2/c1-22-13-7-10(4-5-16-13)8-17-12(21)9-20-14(18-19-15(20)23)11-3-2-6-24-11/h2-7H,8-9H2,1H3,(H,17,21)(H,19,23). The second-order valence-electron chi connectivity index (χ2n) is 4.90. The highest BCUT2D eigenvalue weighted by molar-refractivity contribution is 7.71. The zero-order valence-corrected chi connectivity index (χ0v) is 14.5. The number of rotatable bonds is 6. The average molecular weight is 361 g/mol. The molecule has 0 fully saturated rings. The van der Waals surface area contributed by atoms with Gasteiger partial charge >= 0.3 is 0 Å². The number of ether oxygens (including phenoxy) is 1. The lowest BCUT2D eigenvalue weighted by molar-refractivity contribution is -0.121. The fourth-order valence-electron chi connectivity index (χ4n) is 2.13. The van der Waals surface area contributed by atoms with Gasteiger partial charge in [0.1, 0.15) is 6.54 Å². The predicted molar refractivity (Wildman–Crippen MR) is 93.4 cm³/mol. The van der Waals surface area contributed by atoms with Gasteiger partial charge in [0.15, 0.2) is 10.6 Å². The number of nitrogens with zero attached hydrogens (tertiary/aromatic N) is 3. The molecular weight excluding hydrogens is 346 g/mol. The minimum Gasteiger partial charge on any atom is -0.481 e. The fourth-order valence-corrected chi connectivity index (χ4v) is 3.05. The monoisotopic (exact) mass is 361 g/mol. The minimum atomic E-state index is -0.152. The Hall–Kier alpha value is -2.52. The Balaban J connectivity index is 1.67. The summed E-state index contributed by atoms with van der Waals surface area (Å²) < 4.78 is 7.17. The van der Waals surface area contributed by atoms with Crippen molar-refractivity contribution in [3.05, 3.63) is 46.2 Å². The van der Waals surface area contributed by atoms with Gasteiger partial charge in [0, 0.05) is 18.8 Å². The van der Waals surface area contributed by atoms with E-state index in [-0.39, 0.29) is 12.5 Å². The first-order valence-corrected chi connectivity index (χ1v) is 8.41. The smallest absolute Gasteiger partial charge is 0.240 e. The predicted octanol–water partition coefficient (Wildman–Crippen LogP) is 2.39. The Kier molecular flexibility index (Phi) is 5.02. The van der Waals surface area contributed by atoms with Gasteiger partial charge in [0.25, 0.3) is 0 Å². The number of aromatic amines is 1. The molecule has 1 amide bonds. The largest absolute Gasteiger partial charge is 0.481 e. The molecule has 9 heteroatoms. The van der Waals surface area contributed by atoms with E-state index >= 15 is 0 Å². The van der Waals surface area contributed by atoms with E-state index in [1.807, 2.05) is 23.6 Å². The SMILES string of the molecule is COc1cc(CNC(=O)Cn2c(-c3cccs3)n[nH]c2=S)ccn1. The number of thiophene rings is 1. The van der Waals surface area contributed by atoms with Crippen molar-refractivity contribution in [2.75, 3.05) is 7.11 Å². The van der Waals surface area contributed by atoms with Crippen molar-refractivity contribution in [1.82, 2.24) is 25.1 Å². The highest BCUT2D eigenvalue weighted by Crippen LogP contribution is 2.22. The first kappa shape index (κ1) is 16.3. The molecule has 124 valence electrons. The molecule has 3 heterocycles. The van der Waals surface area contributed by atoms with Crippen molar-refractivity contribution in [2.45, 2.75) is 13.1 Å². The summed E-state index contributed by atoms with van der Waals surface area (Å²) in [5, 5.41) is 11.8. The molecule has 0 unspecified atom stereocenters. The number of carbonyl (C=O) groups is 1. The minimum absolute atomic E-state index is 0.102. The highest BCUT2D eigenvalue weighted by Gasteiger charge is 2.13. The van der Waals surface area contributed by atoms with Gasteiger partial charge in [-0.25, -0.2) is 4.98 Å². The lowest BCUT2D eigenvalue weighted by Crippen LogP contribution is -2.27. The molecule has 0 saturated heterocycles. The quantitative estimate of drug-likeness (QED) is 0.659. The third-order valence-electron chi connectivity index (χ3n) is 3.30. The van der Waals surface area contributed by atoms with Gasteiger partial charge in [0.2, 0.25) is 11.8 Å². The molecule has 2 N–H and O–H groups in total. The van der Waals surface area contributed by atoms with Crippen molar-refractivity contribution < 1.29 is 9.53 Å². The fraction of sp³-hybridized carbons (Fsp3) is 0.200. The lowest BCUT2D eigenvalue weighted by atomic mass is 10.2. The highest BCUT2D eigenvalue weighted by atomic mass is 32.1. The maximum Gasteiger partial charge on any atom is 0.240 e. The molecule has 0 aliphatic heterocycles. The van der Waals surface area contributed by atoms with E-state index in [1.165, 1.54) is 0 Å². The summed E-state index contributed by atoms with van der Waals surface area (Å²) in [4.78, 5) is 17.2. The summed E-state index contributed by atoms with van der Waals surface area (Å²) in [6.07, 6.45) is 1.64. The van der Waals surface area contributed by atoms with Gasteiger partial charge < -0.3 is 10.1 Å². The van der Waals surface area contributed by atoms with Gasteiger partial charge in [-0.3, -0.25) is 14.5 Å². The van der Waals surface area contributed by atoms with Crippen LogP contribution in [-0.2, 0) is 17.9 Å². The van der Waals surface area contributed by atoms with Crippen LogP contribution in [0.15, 0.2) is 35.8 Å². The molecule has 3 aromatic heterocycles. The van der Waals surface area contributed by atoms with Gasteiger partial charge in [-0.05, 0) is 35.3 Å². The van der Waals surface area contributed by atoms with Crippen LogP contribution < -0.4 is 10.1 Å². The Morgan fingerprint density at radius 3 is 3.12 bits per heavy atom. The molecule has 3 aromatic rings. The molecule has 0 aliphatic carbocycles. The number of aromatic nitrogens is 4. The number of amides is 1. The van der Waals surface area contributed by atoms with Crippen molar-refractivity contribution in [3.63, 3.8) is 0 Å². The molecular formula is C15H15N5O2S2. The van der Waals surface area contributed by atoms with Crippen LogP contribution >= 0.6 is 23.6 Å². The summed E-state index contributed by atoms with van der Waals surface area (Å²) >= 11 is 6.76. The summed E-state index contributed by atoms with van der Waals surface area (Å²) in [5.74, 6) is 1.02. The number of hydrogen-bond acceptors (Lipinski definition) is 6. The van der Waals surface area contributed by atoms with E-state index < -0.39 is 0 Å². The molecule has 0 aliphatic rings. The van der Waals surface area contributed by atoms with Gasteiger partial charge in [0.05, 0.1) is 12.0 Å². The van der Waals surface area contributed by atoms with Crippen molar-refractivity contribution in [2.24, 2.45) is 0 Å². The van der Waals surface area contributed by atoms with Crippen LogP contribution in [0.5, 0.6) is 5.88 Å². The zero-order valence-electron chi connectivity index (χ0n) is 12.9. The molecule has 24 heavy (non-hydrogen) atoms. The number of pyridine rings is 1. The van der Waals surface area contributed by atoms with E-state index in [4.69, 9.17) is 17.0 Å². The summed E-state index contributed by atoms with van der Waals surface area (Å²) in [6, 6.07) is 7.47. The maximum absolute atomic E-state index is 12.2. The second kappa shape index (κ2) is 7.37. The third kappa shape index (κ3) is 3.69. The third-order valence-corrected chi connectivity index (χ3v) is 4.48. The van der Waals surface area contributed by atoms with E-state index in [0.717, 1.165) is 10.4 Å². The summed E-state index contributed by atoms with van der Waals surface area (Å²) in [6.45, 7) is 0.488. The summed E-state index contributed by atoms with van der Waals surface area (Å²) in [7, 11) is 1.55. The molecule has 0 saturated carbocycles. The average Bonchev–Trinajstić information content (AvgIpc) is 3.24. The molecule has 0 radical (unpaired) electrons. The normalized spacial score (nSPS) is 10.5. The van der Waals surface area contributed by atoms with E-state index in [0.29, 0.717) is 23.0 Å². The molecule has 0 bridgehead atoms. The first-order valence-electron chi connectivity index (χ1n) is 7.12. The number of nitrogens with one attached hydrogen (secondary N) is 2. The Labute approximate surface area is 147 Å².